The van der Waals surface area contributed by atoms with E-state index in [0.29, 0.717) is 0 Å². The molecule has 3 fully saturated rings. The zero-order valence-corrected chi connectivity index (χ0v) is 17.4. The van der Waals surface area contributed by atoms with E-state index in [9.17, 15) is 51.1 Å². The van der Waals surface area contributed by atoms with Gasteiger partial charge in [0.1, 0.15) is 61.0 Å². The summed E-state index contributed by atoms with van der Waals surface area (Å²) >= 11 is 0. The number of rotatable bonds is 7. The molecule has 0 aliphatic carbocycles. The van der Waals surface area contributed by atoms with Gasteiger partial charge in [-0.25, -0.2) is 0 Å². The van der Waals surface area contributed by atoms with E-state index < -0.39 is 106 Å². The molecule has 0 bridgehead atoms. The van der Waals surface area contributed by atoms with Gasteiger partial charge in [0.05, 0.1) is 25.9 Å². The van der Waals surface area contributed by atoms with Crippen molar-refractivity contribution >= 4 is 0 Å². The zero-order valence-electron chi connectivity index (χ0n) is 17.4. The molecule has 3 heterocycles. The maximum Gasteiger partial charge on any atom is 0.187 e. The highest BCUT2D eigenvalue weighted by Gasteiger charge is 2.52. The zero-order chi connectivity index (χ0) is 24.4. The van der Waals surface area contributed by atoms with Crippen LogP contribution in [0.2, 0.25) is 0 Å². The van der Waals surface area contributed by atoms with E-state index in [1.165, 1.54) is 0 Å². The molecule has 194 valence electrons. The van der Waals surface area contributed by atoms with Crippen LogP contribution in [-0.4, -0.2) is 157 Å². The minimum atomic E-state index is -1.81. The highest BCUT2D eigenvalue weighted by atomic mass is 16.7. The monoisotopic (exact) mass is 488 g/mol. The van der Waals surface area contributed by atoms with E-state index >= 15 is 0 Å². The Morgan fingerprint density at radius 2 is 1.12 bits per heavy atom. The Morgan fingerprint density at radius 1 is 0.545 bits per heavy atom. The second-order valence-corrected chi connectivity index (χ2v) is 8.23. The fourth-order valence-corrected chi connectivity index (χ4v) is 4.02. The third kappa shape index (κ3) is 5.64. The first-order chi connectivity index (χ1) is 15.6. The Balaban J connectivity index is 1.76. The first kappa shape index (κ1) is 27.0. The van der Waals surface area contributed by atoms with Crippen LogP contribution in [0.3, 0.4) is 0 Å². The van der Waals surface area contributed by atoms with Crippen LogP contribution in [-0.2, 0) is 23.7 Å². The van der Waals surface area contributed by atoms with Crippen molar-refractivity contribution in [1.29, 1.82) is 0 Å². The maximum absolute atomic E-state index is 10.7. The second kappa shape index (κ2) is 11.4. The average molecular weight is 488 g/mol. The van der Waals surface area contributed by atoms with E-state index in [4.69, 9.17) is 23.7 Å². The normalized spacial score (nSPS) is 51.5. The molecule has 0 aromatic heterocycles. The largest absolute Gasteiger partial charge is 0.394 e. The predicted octanol–water partition coefficient (Wildman–Crippen LogP) is -6.54. The first-order valence-electron chi connectivity index (χ1n) is 10.5. The summed E-state index contributed by atoms with van der Waals surface area (Å²) in [6.45, 7) is -2.09. The lowest BCUT2D eigenvalue weighted by Crippen LogP contribution is -2.65. The number of ether oxygens (including phenoxy) is 5. The molecule has 3 aliphatic heterocycles. The quantitative estimate of drug-likeness (QED) is 0.160. The molecule has 0 radical (unpaired) electrons. The summed E-state index contributed by atoms with van der Waals surface area (Å²) < 4.78 is 26.6. The van der Waals surface area contributed by atoms with Crippen LogP contribution < -0.4 is 0 Å². The topological polar surface area (TPSA) is 248 Å². The Kier molecular flexibility index (Phi) is 9.35. The number of hydrogen-bond acceptors (Lipinski definition) is 15. The molecular weight excluding hydrogens is 456 g/mol. The van der Waals surface area contributed by atoms with Crippen molar-refractivity contribution in [3.63, 3.8) is 0 Å². The highest BCUT2D eigenvalue weighted by Crippen LogP contribution is 2.32. The Bertz CT molecular complexity index is 609. The summed E-state index contributed by atoms with van der Waals surface area (Å²) in [6, 6.07) is 0. The summed E-state index contributed by atoms with van der Waals surface area (Å²) in [5.74, 6) is 0. The van der Waals surface area contributed by atoms with Crippen LogP contribution in [0.5, 0.6) is 0 Å². The third-order valence-electron chi connectivity index (χ3n) is 5.96. The van der Waals surface area contributed by atoms with Crippen molar-refractivity contribution in [2.75, 3.05) is 19.8 Å². The molecule has 15 nitrogen and oxygen atoms in total. The van der Waals surface area contributed by atoms with Crippen molar-refractivity contribution in [2.24, 2.45) is 0 Å². The van der Waals surface area contributed by atoms with Gasteiger partial charge in [-0.1, -0.05) is 0 Å². The average Bonchev–Trinajstić information content (AvgIpc) is 2.79. The molecule has 0 saturated carbocycles. The van der Waals surface area contributed by atoms with Crippen LogP contribution in [0.15, 0.2) is 0 Å². The van der Waals surface area contributed by atoms with Gasteiger partial charge in [-0.2, -0.15) is 0 Å². The molecule has 33 heavy (non-hydrogen) atoms. The number of hydrogen-bond donors (Lipinski definition) is 10. The Hall–Kier alpha value is -0.600. The molecule has 15 heteroatoms. The van der Waals surface area contributed by atoms with Gasteiger partial charge in [0, 0.05) is 6.42 Å². The van der Waals surface area contributed by atoms with Gasteiger partial charge in [-0.15, -0.1) is 0 Å². The van der Waals surface area contributed by atoms with E-state index in [2.05, 4.69) is 0 Å². The fourth-order valence-electron chi connectivity index (χ4n) is 4.02. The van der Waals surface area contributed by atoms with E-state index in [-0.39, 0.29) is 6.42 Å². The maximum atomic E-state index is 10.7. The van der Waals surface area contributed by atoms with Crippen molar-refractivity contribution in [2.45, 2.75) is 92.4 Å². The summed E-state index contributed by atoms with van der Waals surface area (Å²) in [5, 5.41) is 99.3. The van der Waals surface area contributed by atoms with Gasteiger partial charge in [-0.3, -0.25) is 0 Å². The van der Waals surface area contributed by atoms with Gasteiger partial charge in [0.2, 0.25) is 0 Å². The van der Waals surface area contributed by atoms with Crippen molar-refractivity contribution in [1.82, 2.24) is 0 Å². The standard InChI is InChI=1S/C18H32O15/c19-2-7-5(22)1-6(23)17(30-7)33-15-10(24)8(3-20)31-18(13(15)27)32-14-9(4-21)29-16(28)12(26)11(14)25/h5-28H,1-4H2/t5-,6-,7-,8-,9-,10+,11-,12-,13-,14-,15+,16-,17-,18+/m1/s1. The number of aliphatic hydroxyl groups excluding tert-OH is 10. The molecular formula is C18H32O15. The SMILES string of the molecule is OC[C@H]1O[C@@H](O[C@H]2[C@H](O)[C@@H](O)[C@H](O)O[C@@H]2CO)[C@H](O)[C@@H](O[C@H]2O[C@H](CO)[C@H](O)C[C@H]2O)[C@H]1O. The molecule has 0 spiro atoms. The second-order valence-electron chi connectivity index (χ2n) is 8.23. The molecule has 3 saturated heterocycles. The summed E-state index contributed by atoms with van der Waals surface area (Å²) in [4.78, 5) is 0. The van der Waals surface area contributed by atoms with E-state index in [0.717, 1.165) is 0 Å². The number of aliphatic hydroxyl groups is 10. The lowest BCUT2D eigenvalue weighted by atomic mass is 9.96. The van der Waals surface area contributed by atoms with Gasteiger partial charge in [0.25, 0.3) is 0 Å². The van der Waals surface area contributed by atoms with Crippen LogP contribution in [0.1, 0.15) is 6.42 Å². The molecule has 10 N–H and O–H groups in total. The lowest BCUT2D eigenvalue weighted by molar-refractivity contribution is -0.374. The van der Waals surface area contributed by atoms with Gasteiger partial charge in [0.15, 0.2) is 18.9 Å². The Morgan fingerprint density at radius 3 is 1.73 bits per heavy atom. The van der Waals surface area contributed by atoms with Crippen LogP contribution in [0.25, 0.3) is 0 Å². The first-order valence-corrected chi connectivity index (χ1v) is 10.5. The predicted molar refractivity (Wildman–Crippen MR) is 99.9 cm³/mol. The molecule has 3 rings (SSSR count). The molecule has 0 unspecified atom stereocenters. The van der Waals surface area contributed by atoms with E-state index in [1.807, 2.05) is 0 Å². The molecule has 0 aromatic rings. The molecule has 3 aliphatic rings. The Labute approximate surface area is 187 Å². The van der Waals surface area contributed by atoms with Crippen molar-refractivity contribution in [3.05, 3.63) is 0 Å². The van der Waals surface area contributed by atoms with Crippen LogP contribution in [0, 0.1) is 0 Å². The fraction of sp³-hybridized carbons (Fsp3) is 1.00. The van der Waals surface area contributed by atoms with Crippen molar-refractivity contribution in [3.8, 4) is 0 Å². The lowest BCUT2D eigenvalue weighted by Gasteiger charge is -2.47. The van der Waals surface area contributed by atoms with Crippen molar-refractivity contribution < 1.29 is 74.7 Å². The van der Waals surface area contributed by atoms with Gasteiger partial charge in [-0.05, 0) is 0 Å². The van der Waals surface area contributed by atoms with Gasteiger partial charge >= 0.3 is 0 Å². The van der Waals surface area contributed by atoms with E-state index in [1.54, 1.807) is 0 Å². The smallest absolute Gasteiger partial charge is 0.187 e. The third-order valence-corrected chi connectivity index (χ3v) is 5.96. The summed E-state index contributed by atoms with van der Waals surface area (Å²) in [7, 11) is 0. The molecule has 14 atom stereocenters. The summed E-state index contributed by atoms with van der Waals surface area (Å²) in [6.07, 6.45) is -21.7. The highest BCUT2D eigenvalue weighted by molar-refractivity contribution is 4.95. The van der Waals surface area contributed by atoms with Crippen LogP contribution >= 0.6 is 0 Å². The summed E-state index contributed by atoms with van der Waals surface area (Å²) in [5.41, 5.74) is 0. The molecule has 0 amide bonds. The van der Waals surface area contributed by atoms with Gasteiger partial charge < -0.3 is 74.7 Å². The minimum absolute atomic E-state index is 0.224. The molecule has 0 aromatic carbocycles. The minimum Gasteiger partial charge on any atom is -0.394 e. The van der Waals surface area contributed by atoms with Crippen LogP contribution in [0.4, 0.5) is 0 Å².